The molecule has 1 radical (unpaired) electrons. The molecule has 0 aliphatic heterocycles. The lowest BCUT2D eigenvalue weighted by molar-refractivity contribution is 0.314. The Morgan fingerprint density at radius 2 is 1.71 bits per heavy atom. The summed E-state index contributed by atoms with van der Waals surface area (Å²) in [4.78, 5) is 2.43. The summed E-state index contributed by atoms with van der Waals surface area (Å²) < 4.78 is 0. The minimum absolute atomic E-state index is 0.555. The Balaban J connectivity index is 2.08. The maximum atomic E-state index is 2.43. The molecule has 0 aromatic heterocycles. The van der Waals surface area contributed by atoms with Crippen LogP contribution in [-0.4, -0.2) is 24.3 Å². The minimum atomic E-state index is 0.555. The summed E-state index contributed by atoms with van der Waals surface area (Å²) in [5.74, 6) is 0. The summed E-state index contributed by atoms with van der Waals surface area (Å²) in [5.41, 5.74) is 4.26. The number of hydrogen-bond donors (Lipinski definition) is 0. The van der Waals surface area contributed by atoms with E-state index < -0.39 is 0 Å². The third kappa shape index (κ3) is 2.81. The van der Waals surface area contributed by atoms with Crippen LogP contribution >= 0.6 is 0 Å². The number of hydrogen-bond acceptors (Lipinski definition) is 1. The summed E-state index contributed by atoms with van der Waals surface area (Å²) in [6.45, 7) is 9.00. The normalized spacial score (nSPS) is 14.4. The van der Waals surface area contributed by atoms with Crippen LogP contribution in [0.4, 0.5) is 0 Å². The van der Waals surface area contributed by atoms with Crippen molar-refractivity contribution in [3.8, 4) is 0 Å². The number of allylic oxidation sites excluding steroid dienone is 1. The molecule has 1 nitrogen and oxygen atoms in total. The van der Waals surface area contributed by atoms with Crippen molar-refractivity contribution < 1.29 is 0 Å². The summed E-state index contributed by atoms with van der Waals surface area (Å²) in [7, 11) is 2.33. The predicted molar refractivity (Wildman–Crippen MR) is 76.0 cm³/mol. The van der Waals surface area contributed by atoms with Gasteiger partial charge in [-0.2, -0.15) is 0 Å². The van der Waals surface area contributed by atoms with Crippen LogP contribution in [0.2, 0.25) is 0 Å². The highest BCUT2D eigenvalue weighted by Gasteiger charge is 2.20. The highest BCUT2D eigenvalue weighted by atomic mass is 15.1. The van der Waals surface area contributed by atoms with E-state index in [9.17, 15) is 0 Å². The molecule has 1 aromatic rings. The van der Waals surface area contributed by atoms with Gasteiger partial charge in [-0.3, -0.25) is 0 Å². The van der Waals surface area contributed by atoms with Crippen LogP contribution < -0.4 is 0 Å². The van der Waals surface area contributed by atoms with Gasteiger partial charge in [0.1, 0.15) is 0 Å². The van der Waals surface area contributed by atoms with Crippen molar-refractivity contribution in [2.24, 2.45) is 0 Å². The van der Waals surface area contributed by atoms with Crippen LogP contribution in [-0.2, 0) is 6.42 Å². The van der Waals surface area contributed by atoms with Gasteiger partial charge in [0.25, 0.3) is 0 Å². The van der Waals surface area contributed by atoms with E-state index in [1.165, 1.54) is 16.6 Å². The molecule has 2 rings (SSSR count). The first-order valence-electron chi connectivity index (χ1n) is 6.48. The molecule has 0 unspecified atom stereocenters. The van der Waals surface area contributed by atoms with Crippen LogP contribution in [0.15, 0.2) is 29.7 Å². The van der Waals surface area contributed by atoms with Crippen molar-refractivity contribution in [1.82, 2.24) is 4.81 Å². The summed E-state index contributed by atoms with van der Waals surface area (Å²) >= 11 is 0. The summed E-state index contributed by atoms with van der Waals surface area (Å²) in [6, 6.07) is 9.77. The van der Waals surface area contributed by atoms with E-state index in [2.05, 4.69) is 70.3 Å². The van der Waals surface area contributed by atoms with Crippen molar-refractivity contribution in [3.05, 3.63) is 40.9 Å². The van der Waals surface area contributed by atoms with Crippen LogP contribution in [0.5, 0.6) is 0 Å². The molecule has 1 aliphatic carbocycles. The molecule has 2 heteroatoms. The molecule has 1 aliphatic rings. The fourth-order valence-corrected chi connectivity index (χ4v) is 2.48. The first-order chi connectivity index (χ1) is 8.08. The Bertz CT molecular complexity index is 413. The monoisotopic (exact) mass is 226 g/mol. The minimum Gasteiger partial charge on any atom is -0.338 e. The largest absolute Gasteiger partial charge is 0.338 e. The predicted octanol–water partition coefficient (Wildman–Crippen LogP) is 3.32. The second-order valence-corrected chi connectivity index (χ2v) is 5.36. The lowest BCUT2D eigenvalue weighted by Gasteiger charge is -2.30. The molecule has 0 N–H and O–H groups in total. The zero-order chi connectivity index (χ0) is 12.4. The van der Waals surface area contributed by atoms with E-state index in [0.29, 0.717) is 12.1 Å². The standard InChI is InChI=1S/C15H21BN/c1-11(2)17(12(3)4)16-15-9-13-7-5-6-8-14(13)10-15/h5-9,11-12H,10H2,1-4H3. The van der Waals surface area contributed by atoms with E-state index in [4.69, 9.17) is 0 Å². The lowest BCUT2D eigenvalue weighted by Crippen LogP contribution is -2.40. The number of benzene rings is 1. The molecule has 89 valence electrons. The Labute approximate surface area is 106 Å². The van der Waals surface area contributed by atoms with E-state index in [1.54, 1.807) is 0 Å². The van der Waals surface area contributed by atoms with E-state index in [-0.39, 0.29) is 0 Å². The van der Waals surface area contributed by atoms with Crippen LogP contribution in [0.25, 0.3) is 6.08 Å². The van der Waals surface area contributed by atoms with Crippen LogP contribution in [0, 0.1) is 0 Å². The molecule has 0 bridgehead atoms. The highest BCUT2D eigenvalue weighted by molar-refractivity contribution is 6.44. The van der Waals surface area contributed by atoms with E-state index >= 15 is 0 Å². The Morgan fingerprint density at radius 1 is 1.06 bits per heavy atom. The molecule has 0 saturated heterocycles. The first kappa shape index (κ1) is 12.4. The van der Waals surface area contributed by atoms with Gasteiger partial charge in [-0.05, 0) is 29.6 Å². The molecular formula is C15H21BN. The maximum Gasteiger partial charge on any atom is 0.243 e. The number of fused-ring (bicyclic) bond motifs is 1. The Hall–Kier alpha value is -1.02. The quantitative estimate of drug-likeness (QED) is 0.712. The molecule has 0 atom stereocenters. The van der Waals surface area contributed by atoms with Crippen molar-refractivity contribution in [3.63, 3.8) is 0 Å². The molecule has 0 amide bonds. The SMILES string of the molecule is CC(C)N([B]C1=Cc2ccccc2C1)C(C)C. The second kappa shape index (κ2) is 5.09. The Morgan fingerprint density at radius 3 is 2.29 bits per heavy atom. The molecule has 17 heavy (non-hydrogen) atoms. The van der Waals surface area contributed by atoms with Gasteiger partial charge in [0.15, 0.2) is 0 Å². The topological polar surface area (TPSA) is 3.24 Å². The van der Waals surface area contributed by atoms with Crippen LogP contribution in [0.3, 0.4) is 0 Å². The fraction of sp³-hybridized carbons (Fsp3) is 0.467. The molecular weight excluding hydrogens is 205 g/mol. The average molecular weight is 226 g/mol. The van der Waals surface area contributed by atoms with Gasteiger partial charge in [0.05, 0.1) is 0 Å². The summed E-state index contributed by atoms with van der Waals surface area (Å²) in [5, 5.41) is 0. The first-order valence-corrected chi connectivity index (χ1v) is 6.48. The molecule has 0 saturated carbocycles. The smallest absolute Gasteiger partial charge is 0.243 e. The molecule has 0 spiro atoms. The third-order valence-corrected chi connectivity index (χ3v) is 3.30. The zero-order valence-electron chi connectivity index (χ0n) is 11.3. The maximum absolute atomic E-state index is 2.43. The molecule has 1 aromatic carbocycles. The van der Waals surface area contributed by atoms with Gasteiger partial charge in [0, 0.05) is 0 Å². The number of rotatable bonds is 4. The molecule has 0 fully saturated rings. The third-order valence-electron chi connectivity index (χ3n) is 3.30. The highest BCUT2D eigenvalue weighted by Crippen LogP contribution is 2.25. The van der Waals surface area contributed by atoms with Crippen molar-refractivity contribution in [1.29, 1.82) is 0 Å². The van der Waals surface area contributed by atoms with Gasteiger partial charge < -0.3 is 4.81 Å². The van der Waals surface area contributed by atoms with Crippen molar-refractivity contribution in [2.45, 2.75) is 46.2 Å². The average Bonchev–Trinajstić information content (AvgIpc) is 2.67. The van der Waals surface area contributed by atoms with Gasteiger partial charge in [-0.25, -0.2) is 0 Å². The van der Waals surface area contributed by atoms with Crippen molar-refractivity contribution in [2.75, 3.05) is 0 Å². The zero-order valence-corrected chi connectivity index (χ0v) is 11.3. The lowest BCUT2D eigenvalue weighted by atomic mass is 9.76. The van der Waals surface area contributed by atoms with Gasteiger partial charge >= 0.3 is 0 Å². The van der Waals surface area contributed by atoms with Crippen LogP contribution in [0.1, 0.15) is 38.8 Å². The molecule has 0 heterocycles. The van der Waals surface area contributed by atoms with E-state index in [0.717, 1.165) is 6.42 Å². The number of nitrogens with zero attached hydrogens (tertiary/aromatic N) is 1. The Kier molecular flexibility index (Phi) is 3.73. The van der Waals surface area contributed by atoms with Gasteiger partial charge in [-0.1, -0.05) is 63.5 Å². The summed E-state index contributed by atoms with van der Waals surface area (Å²) in [6.07, 6.45) is 3.39. The van der Waals surface area contributed by atoms with E-state index in [1.807, 2.05) is 0 Å². The fourth-order valence-electron chi connectivity index (χ4n) is 2.48. The van der Waals surface area contributed by atoms with Crippen molar-refractivity contribution >= 4 is 13.5 Å². The van der Waals surface area contributed by atoms with Gasteiger partial charge in [0.2, 0.25) is 7.41 Å². The second-order valence-electron chi connectivity index (χ2n) is 5.36. The van der Waals surface area contributed by atoms with Gasteiger partial charge in [-0.15, -0.1) is 0 Å².